The fourth-order valence-corrected chi connectivity index (χ4v) is 3.88. The molecule has 0 spiro atoms. The lowest BCUT2D eigenvalue weighted by Crippen LogP contribution is -2.49. The molecule has 1 saturated carbocycles. The topological polar surface area (TPSA) is 88.1 Å². The van der Waals surface area contributed by atoms with Gasteiger partial charge in [0.1, 0.15) is 12.2 Å². The third-order valence-corrected chi connectivity index (χ3v) is 4.21. The molecule has 0 aromatic carbocycles. The summed E-state index contributed by atoms with van der Waals surface area (Å²) in [7, 11) is -3.76. The Kier molecular flexibility index (Phi) is 2.58. The second kappa shape index (κ2) is 3.69. The van der Waals surface area contributed by atoms with Crippen molar-refractivity contribution in [2.75, 3.05) is 6.26 Å². The average molecular weight is 292 g/mol. The van der Waals surface area contributed by atoms with Gasteiger partial charge in [-0.25, -0.2) is 4.79 Å². The fourth-order valence-electron chi connectivity index (χ4n) is 3.10. The van der Waals surface area contributed by atoms with Crippen LogP contribution in [0.3, 0.4) is 0 Å². The molecular weight excluding hydrogens is 276 g/mol. The smallest absolute Gasteiger partial charge is 0.340 e. The lowest BCUT2D eigenvalue weighted by Gasteiger charge is -2.32. The summed E-state index contributed by atoms with van der Waals surface area (Å²) >= 11 is 0. The molecule has 4 atom stereocenters. The van der Waals surface area contributed by atoms with E-state index in [4.69, 9.17) is 18.4 Å². The van der Waals surface area contributed by atoms with Crippen LogP contribution in [0.5, 0.6) is 0 Å². The quantitative estimate of drug-likeness (QED) is 0.520. The van der Waals surface area contributed by atoms with Crippen molar-refractivity contribution in [3.63, 3.8) is 0 Å². The number of rotatable bonds is 2. The van der Waals surface area contributed by atoms with Crippen LogP contribution >= 0.6 is 0 Å². The highest BCUT2D eigenvalue weighted by molar-refractivity contribution is 7.86. The minimum Gasteiger partial charge on any atom is -0.457 e. The molecule has 8 heteroatoms. The van der Waals surface area contributed by atoms with Gasteiger partial charge in [-0.15, -0.1) is 0 Å². The largest absolute Gasteiger partial charge is 0.457 e. The molecule has 0 aromatic heterocycles. The number of fused-ring (bicyclic) bond motifs is 4. The van der Waals surface area contributed by atoms with E-state index in [1.807, 2.05) is 0 Å². The predicted octanol–water partition coefficient (Wildman–Crippen LogP) is -0.0593. The third-order valence-electron chi connectivity index (χ3n) is 3.59. The zero-order chi connectivity index (χ0) is 14.1. The molecule has 0 N–H and O–H groups in total. The Bertz CT molecular complexity index is 525. The maximum Gasteiger partial charge on any atom is 0.340 e. The predicted molar refractivity (Wildman–Crippen MR) is 61.6 cm³/mol. The molecule has 108 valence electrons. The molecule has 3 fully saturated rings. The molecule has 19 heavy (non-hydrogen) atoms. The van der Waals surface area contributed by atoms with E-state index < -0.39 is 39.7 Å². The monoisotopic (exact) mass is 292 g/mol. The first-order valence-electron chi connectivity index (χ1n) is 6.08. The van der Waals surface area contributed by atoms with Gasteiger partial charge in [0.15, 0.2) is 11.4 Å². The van der Waals surface area contributed by atoms with E-state index in [0.29, 0.717) is 0 Å². The van der Waals surface area contributed by atoms with Gasteiger partial charge in [-0.3, -0.25) is 4.18 Å². The maximum absolute atomic E-state index is 11.9. The van der Waals surface area contributed by atoms with E-state index in [2.05, 4.69) is 0 Å². The molecule has 3 rings (SSSR count). The molecule has 1 aliphatic carbocycles. The van der Waals surface area contributed by atoms with Crippen LogP contribution in [0.2, 0.25) is 0 Å². The molecule has 2 saturated heterocycles. The third kappa shape index (κ3) is 2.16. The second-order valence-corrected chi connectivity index (χ2v) is 7.35. The van der Waals surface area contributed by atoms with Gasteiger partial charge >= 0.3 is 5.97 Å². The van der Waals surface area contributed by atoms with E-state index in [0.717, 1.165) is 6.26 Å². The van der Waals surface area contributed by atoms with Crippen LogP contribution in [0.1, 0.15) is 26.7 Å². The van der Waals surface area contributed by atoms with Crippen LogP contribution in [0.15, 0.2) is 0 Å². The fraction of sp³-hybridized carbons (Fsp3) is 0.909. The number of hydrogen-bond donors (Lipinski definition) is 0. The Morgan fingerprint density at radius 3 is 2.47 bits per heavy atom. The lowest BCUT2D eigenvalue weighted by atomic mass is 9.82. The Morgan fingerprint density at radius 2 is 1.84 bits per heavy atom. The summed E-state index contributed by atoms with van der Waals surface area (Å²) in [5.41, 5.74) is -1.46. The number of hydrogen-bond acceptors (Lipinski definition) is 7. The highest BCUT2D eigenvalue weighted by Gasteiger charge is 2.65. The van der Waals surface area contributed by atoms with Gasteiger partial charge < -0.3 is 14.2 Å². The van der Waals surface area contributed by atoms with E-state index in [1.54, 1.807) is 13.8 Å². The summed E-state index contributed by atoms with van der Waals surface area (Å²) in [6, 6.07) is 0. The Balaban J connectivity index is 1.91. The number of esters is 1. The summed E-state index contributed by atoms with van der Waals surface area (Å²) in [5.74, 6) is -1.42. The standard InChI is InChI=1S/C11H16O7S/c1-10(2)16-7-5-11(18-19(3,13)14)4-6(8(7)17-10)15-9(11)12/h6-8H,4-5H2,1-3H3/t6-,7-,8+,11-/m1/s1. The van der Waals surface area contributed by atoms with Crippen molar-refractivity contribution < 1.29 is 31.6 Å². The minimum absolute atomic E-state index is 0.128. The molecule has 3 aliphatic rings. The molecular formula is C11H16O7S. The molecule has 7 nitrogen and oxygen atoms in total. The van der Waals surface area contributed by atoms with Crippen LogP contribution in [0, 0.1) is 0 Å². The van der Waals surface area contributed by atoms with Gasteiger partial charge in [-0.2, -0.15) is 8.42 Å². The van der Waals surface area contributed by atoms with Crippen LogP contribution < -0.4 is 0 Å². The van der Waals surface area contributed by atoms with Gasteiger partial charge in [-0.1, -0.05) is 0 Å². The van der Waals surface area contributed by atoms with Crippen LogP contribution in [0.4, 0.5) is 0 Å². The highest BCUT2D eigenvalue weighted by Crippen LogP contribution is 2.48. The van der Waals surface area contributed by atoms with Gasteiger partial charge in [0.25, 0.3) is 10.1 Å². The molecule has 2 bridgehead atoms. The van der Waals surface area contributed by atoms with E-state index in [1.165, 1.54) is 0 Å². The van der Waals surface area contributed by atoms with Crippen LogP contribution in [0.25, 0.3) is 0 Å². The highest BCUT2D eigenvalue weighted by atomic mass is 32.2. The molecule has 0 radical (unpaired) electrons. The SMILES string of the molecule is CC1(C)O[C@H]2[C@H]3C[C@@](OS(C)(=O)=O)(C[C@H]2O1)C(=O)O3. The van der Waals surface area contributed by atoms with Crippen LogP contribution in [-0.2, 0) is 33.3 Å². The second-order valence-electron chi connectivity index (χ2n) is 5.77. The summed E-state index contributed by atoms with van der Waals surface area (Å²) in [4.78, 5) is 11.9. The Morgan fingerprint density at radius 1 is 1.21 bits per heavy atom. The zero-order valence-corrected chi connectivity index (χ0v) is 11.7. The van der Waals surface area contributed by atoms with Crippen molar-refractivity contribution in [3.05, 3.63) is 0 Å². The summed E-state index contributed by atoms with van der Waals surface area (Å²) in [6.45, 7) is 3.54. The summed E-state index contributed by atoms with van der Waals surface area (Å²) in [6.07, 6.45) is -0.0533. The average Bonchev–Trinajstić information content (AvgIpc) is 2.61. The Labute approximate surface area is 111 Å². The molecule has 2 heterocycles. The van der Waals surface area contributed by atoms with Gasteiger partial charge in [0.2, 0.25) is 0 Å². The van der Waals surface area contributed by atoms with E-state index >= 15 is 0 Å². The number of ether oxygens (including phenoxy) is 3. The molecule has 0 aromatic rings. The molecule has 0 amide bonds. The number of carbonyl (C=O) groups excluding carboxylic acids is 1. The summed E-state index contributed by atoms with van der Waals surface area (Å²) < 4.78 is 44.3. The van der Waals surface area contributed by atoms with Crippen LogP contribution in [-0.4, -0.2) is 50.3 Å². The zero-order valence-electron chi connectivity index (χ0n) is 10.9. The van der Waals surface area contributed by atoms with Gasteiger partial charge in [0, 0.05) is 12.8 Å². The van der Waals surface area contributed by atoms with Gasteiger partial charge in [0.05, 0.1) is 12.4 Å². The summed E-state index contributed by atoms with van der Waals surface area (Å²) in [5, 5.41) is 0. The van der Waals surface area contributed by atoms with E-state index in [9.17, 15) is 13.2 Å². The first-order valence-corrected chi connectivity index (χ1v) is 7.89. The first kappa shape index (κ1) is 13.3. The van der Waals surface area contributed by atoms with Crippen molar-refractivity contribution in [1.82, 2.24) is 0 Å². The Hall–Kier alpha value is -0.700. The van der Waals surface area contributed by atoms with Crippen molar-refractivity contribution in [2.24, 2.45) is 0 Å². The van der Waals surface area contributed by atoms with E-state index in [-0.39, 0.29) is 18.9 Å². The first-order chi connectivity index (χ1) is 8.60. The normalized spacial score (nSPS) is 43.9. The molecule has 0 unspecified atom stereocenters. The minimum atomic E-state index is -3.76. The van der Waals surface area contributed by atoms with Crippen molar-refractivity contribution in [2.45, 2.75) is 56.4 Å². The van der Waals surface area contributed by atoms with Crippen molar-refractivity contribution in [3.8, 4) is 0 Å². The molecule has 2 aliphatic heterocycles. The number of carbonyl (C=O) groups is 1. The van der Waals surface area contributed by atoms with Gasteiger partial charge in [-0.05, 0) is 13.8 Å². The maximum atomic E-state index is 11.9. The lowest BCUT2D eigenvalue weighted by molar-refractivity contribution is -0.170. The van der Waals surface area contributed by atoms with Crippen molar-refractivity contribution >= 4 is 16.1 Å². The van der Waals surface area contributed by atoms with Crippen molar-refractivity contribution in [1.29, 1.82) is 0 Å².